The number of hydrogen-bond acceptors (Lipinski definition) is 4. The highest BCUT2D eigenvalue weighted by atomic mass is 16.5. The molecule has 0 bridgehead atoms. The topological polar surface area (TPSA) is 37.4 Å². The van der Waals surface area contributed by atoms with Gasteiger partial charge in [-0.1, -0.05) is 38.1 Å². The number of hydrogen-bond donors (Lipinski definition) is 1. The zero-order chi connectivity index (χ0) is 18.7. The van der Waals surface area contributed by atoms with Crippen LogP contribution in [-0.2, 0) is 6.54 Å². The van der Waals surface area contributed by atoms with Gasteiger partial charge < -0.3 is 15.0 Å². The van der Waals surface area contributed by atoms with E-state index in [0.29, 0.717) is 6.04 Å². The van der Waals surface area contributed by atoms with Crippen LogP contribution in [-0.4, -0.2) is 35.1 Å². The summed E-state index contributed by atoms with van der Waals surface area (Å²) in [5.74, 6) is 1.78. The monoisotopic (exact) mass is 365 g/mol. The van der Waals surface area contributed by atoms with Gasteiger partial charge in [-0.3, -0.25) is 4.98 Å². The Labute approximate surface area is 162 Å². The molecule has 4 nitrogen and oxygen atoms in total. The fraction of sp³-hybridized carbons (Fsp3) is 0.522. The van der Waals surface area contributed by atoms with Crippen molar-refractivity contribution in [2.75, 3.05) is 19.6 Å². The molecule has 1 N–H and O–H groups in total. The summed E-state index contributed by atoms with van der Waals surface area (Å²) in [7, 11) is 0. The van der Waals surface area contributed by atoms with Crippen LogP contribution in [0.4, 0.5) is 0 Å². The molecule has 0 saturated carbocycles. The van der Waals surface area contributed by atoms with Crippen molar-refractivity contribution < 1.29 is 4.74 Å². The Balaban J connectivity index is 1.48. The van der Waals surface area contributed by atoms with E-state index in [9.17, 15) is 0 Å². The van der Waals surface area contributed by atoms with Gasteiger partial charge in [-0.15, -0.1) is 0 Å². The van der Waals surface area contributed by atoms with Gasteiger partial charge in [-0.2, -0.15) is 0 Å². The molecule has 0 amide bonds. The second-order valence-corrected chi connectivity index (χ2v) is 8.48. The Hall–Kier alpha value is -1.91. The fourth-order valence-electron chi connectivity index (χ4n) is 4.50. The molecule has 0 radical (unpaired) electrons. The van der Waals surface area contributed by atoms with Crippen molar-refractivity contribution in [2.24, 2.45) is 5.92 Å². The van der Waals surface area contributed by atoms with E-state index >= 15 is 0 Å². The SMILES string of the molecule is CC(C)CN1CCC2(CC1)CC(NCc1ccccn1)c1ccccc1O2. The van der Waals surface area contributed by atoms with E-state index in [0.717, 1.165) is 56.3 Å². The van der Waals surface area contributed by atoms with Crippen LogP contribution in [0.5, 0.6) is 5.75 Å². The number of para-hydroxylation sites is 1. The largest absolute Gasteiger partial charge is 0.487 e. The molecular formula is C23H31N3O. The van der Waals surface area contributed by atoms with E-state index in [1.54, 1.807) is 0 Å². The maximum absolute atomic E-state index is 6.61. The Morgan fingerprint density at radius 1 is 1.15 bits per heavy atom. The Kier molecular flexibility index (Phi) is 5.46. The first-order chi connectivity index (χ1) is 13.1. The first kappa shape index (κ1) is 18.5. The maximum atomic E-state index is 6.61. The number of aromatic nitrogens is 1. The summed E-state index contributed by atoms with van der Waals surface area (Å²) in [5.41, 5.74) is 2.33. The van der Waals surface area contributed by atoms with Gasteiger partial charge in [-0.25, -0.2) is 0 Å². The minimum atomic E-state index is -0.0381. The van der Waals surface area contributed by atoms with Crippen molar-refractivity contribution >= 4 is 0 Å². The van der Waals surface area contributed by atoms with Gasteiger partial charge in [0.25, 0.3) is 0 Å². The molecular weight excluding hydrogens is 334 g/mol. The third kappa shape index (κ3) is 4.33. The fourth-order valence-corrected chi connectivity index (χ4v) is 4.50. The van der Waals surface area contributed by atoms with Crippen molar-refractivity contribution in [1.29, 1.82) is 0 Å². The van der Waals surface area contributed by atoms with Crippen LogP contribution < -0.4 is 10.1 Å². The standard InChI is InChI=1S/C23H31N3O/c1-18(2)17-26-13-10-23(11-14-26)15-21(20-8-3-4-9-22(20)27-23)25-16-19-7-5-6-12-24-19/h3-9,12,18,21,25H,10-11,13-17H2,1-2H3. The highest BCUT2D eigenvalue weighted by Gasteiger charge is 2.43. The minimum absolute atomic E-state index is 0.0381. The summed E-state index contributed by atoms with van der Waals surface area (Å²) >= 11 is 0. The van der Waals surface area contributed by atoms with Crippen LogP contribution in [0.15, 0.2) is 48.7 Å². The second kappa shape index (κ2) is 7.99. The predicted octanol–water partition coefficient (Wildman–Crippen LogP) is 4.19. The lowest BCUT2D eigenvalue weighted by Crippen LogP contribution is -2.52. The van der Waals surface area contributed by atoms with E-state index in [1.807, 2.05) is 18.3 Å². The van der Waals surface area contributed by atoms with E-state index in [4.69, 9.17) is 4.74 Å². The number of likely N-dealkylation sites (tertiary alicyclic amines) is 1. The lowest BCUT2D eigenvalue weighted by atomic mass is 9.80. The number of rotatable bonds is 5. The Morgan fingerprint density at radius 3 is 2.67 bits per heavy atom. The first-order valence-electron chi connectivity index (χ1n) is 10.3. The molecule has 2 aromatic rings. The molecule has 2 aliphatic heterocycles. The predicted molar refractivity (Wildman–Crippen MR) is 109 cm³/mol. The van der Waals surface area contributed by atoms with Gasteiger partial charge in [0, 0.05) is 50.4 Å². The molecule has 1 saturated heterocycles. The number of fused-ring (bicyclic) bond motifs is 1. The summed E-state index contributed by atoms with van der Waals surface area (Å²) < 4.78 is 6.61. The van der Waals surface area contributed by atoms with Gasteiger partial charge >= 0.3 is 0 Å². The normalized spacial score (nSPS) is 21.8. The Bertz CT molecular complexity index is 738. The van der Waals surface area contributed by atoms with Crippen LogP contribution in [0, 0.1) is 5.92 Å². The molecule has 144 valence electrons. The van der Waals surface area contributed by atoms with Gasteiger partial charge in [0.2, 0.25) is 0 Å². The second-order valence-electron chi connectivity index (χ2n) is 8.48. The maximum Gasteiger partial charge on any atom is 0.124 e. The van der Waals surface area contributed by atoms with E-state index < -0.39 is 0 Å². The van der Waals surface area contributed by atoms with Crippen molar-refractivity contribution in [2.45, 2.75) is 51.3 Å². The quantitative estimate of drug-likeness (QED) is 0.862. The summed E-state index contributed by atoms with van der Waals surface area (Å²) in [4.78, 5) is 7.05. The number of nitrogens with zero attached hydrogens (tertiary/aromatic N) is 2. The Morgan fingerprint density at radius 2 is 1.93 bits per heavy atom. The molecule has 1 aromatic carbocycles. The van der Waals surface area contributed by atoms with Crippen LogP contribution in [0.2, 0.25) is 0 Å². The average molecular weight is 366 g/mol. The third-order valence-corrected chi connectivity index (χ3v) is 5.84. The zero-order valence-corrected chi connectivity index (χ0v) is 16.5. The van der Waals surface area contributed by atoms with E-state index in [-0.39, 0.29) is 5.60 Å². The number of pyridine rings is 1. The molecule has 4 heteroatoms. The minimum Gasteiger partial charge on any atom is -0.487 e. The first-order valence-corrected chi connectivity index (χ1v) is 10.3. The molecule has 1 spiro atoms. The molecule has 0 aliphatic carbocycles. The van der Waals surface area contributed by atoms with Crippen molar-refractivity contribution in [3.8, 4) is 5.75 Å². The van der Waals surface area contributed by atoms with Crippen molar-refractivity contribution in [3.05, 3.63) is 59.9 Å². The number of nitrogens with one attached hydrogen (secondary N) is 1. The van der Waals surface area contributed by atoms with E-state index in [1.165, 1.54) is 12.1 Å². The molecule has 1 fully saturated rings. The number of ether oxygens (including phenoxy) is 1. The molecule has 27 heavy (non-hydrogen) atoms. The van der Waals surface area contributed by atoms with Crippen LogP contribution in [0.25, 0.3) is 0 Å². The molecule has 1 aromatic heterocycles. The van der Waals surface area contributed by atoms with Crippen LogP contribution in [0.1, 0.15) is 50.4 Å². The highest BCUT2D eigenvalue weighted by Crippen LogP contribution is 2.44. The average Bonchev–Trinajstić information content (AvgIpc) is 2.68. The lowest BCUT2D eigenvalue weighted by Gasteiger charge is -2.47. The summed E-state index contributed by atoms with van der Waals surface area (Å²) in [6.07, 6.45) is 5.11. The third-order valence-electron chi connectivity index (χ3n) is 5.84. The smallest absolute Gasteiger partial charge is 0.124 e. The van der Waals surface area contributed by atoms with Crippen LogP contribution in [0.3, 0.4) is 0 Å². The lowest BCUT2D eigenvalue weighted by molar-refractivity contribution is -0.0274. The molecule has 4 rings (SSSR count). The van der Waals surface area contributed by atoms with E-state index in [2.05, 4.69) is 59.4 Å². The molecule has 2 aliphatic rings. The van der Waals surface area contributed by atoms with Gasteiger partial charge in [0.05, 0.1) is 5.69 Å². The zero-order valence-electron chi connectivity index (χ0n) is 16.5. The van der Waals surface area contributed by atoms with Crippen LogP contribution >= 0.6 is 0 Å². The van der Waals surface area contributed by atoms with Gasteiger partial charge in [0.1, 0.15) is 11.4 Å². The van der Waals surface area contributed by atoms with Gasteiger partial charge in [0.15, 0.2) is 0 Å². The molecule has 3 heterocycles. The number of benzene rings is 1. The summed E-state index contributed by atoms with van der Waals surface area (Å²) in [5, 5.41) is 3.75. The van der Waals surface area contributed by atoms with Gasteiger partial charge in [-0.05, 0) is 37.0 Å². The number of piperidine rings is 1. The van der Waals surface area contributed by atoms with Crippen molar-refractivity contribution in [1.82, 2.24) is 15.2 Å². The summed E-state index contributed by atoms with van der Waals surface area (Å²) in [6.45, 7) is 8.84. The molecule has 1 atom stereocenters. The highest BCUT2D eigenvalue weighted by molar-refractivity contribution is 5.39. The van der Waals surface area contributed by atoms with Crippen molar-refractivity contribution in [3.63, 3.8) is 0 Å². The molecule has 1 unspecified atom stereocenters. The summed E-state index contributed by atoms with van der Waals surface area (Å²) in [6, 6.07) is 14.9.